The topological polar surface area (TPSA) is 110 Å². The average Bonchev–Trinajstić information content (AvgIpc) is 2.45. The molecule has 0 radical (unpaired) electrons. The van der Waals surface area contributed by atoms with Crippen molar-refractivity contribution in [3.8, 4) is 23.7 Å². The molecule has 0 aromatic carbocycles. The molecule has 0 aromatic heterocycles. The Bertz CT molecular complexity index is 372. The van der Waals surface area contributed by atoms with Crippen LogP contribution >= 0.6 is 0 Å². The molecule has 0 unspecified atom stereocenters. The summed E-state index contributed by atoms with van der Waals surface area (Å²) in [6.07, 6.45) is 1.61. The first kappa shape index (κ1) is 18.0. The normalized spacial score (nSPS) is 8.70. The highest BCUT2D eigenvalue weighted by molar-refractivity contribution is 5.76. The molecule has 0 bridgehead atoms. The lowest BCUT2D eigenvalue weighted by Gasteiger charge is -1.99. The second-order valence-corrected chi connectivity index (χ2v) is 3.88. The Morgan fingerprint density at radius 1 is 0.800 bits per heavy atom. The predicted molar refractivity (Wildman–Crippen MR) is 78.1 cm³/mol. The number of rotatable bonds is 8. The fourth-order valence-electron chi connectivity index (χ4n) is 1.17. The van der Waals surface area contributed by atoms with Crippen molar-refractivity contribution in [2.75, 3.05) is 26.2 Å². The van der Waals surface area contributed by atoms with Gasteiger partial charge >= 0.3 is 0 Å². The van der Waals surface area contributed by atoms with Gasteiger partial charge in [0.1, 0.15) is 0 Å². The monoisotopic (exact) mass is 278 g/mol. The SMILES string of the molecule is NCCNC(=O)CCC#CC#CCCC(=O)NCCN. The molecule has 0 saturated heterocycles. The molecule has 110 valence electrons. The van der Waals surface area contributed by atoms with Crippen LogP contribution < -0.4 is 22.1 Å². The van der Waals surface area contributed by atoms with E-state index in [1.54, 1.807) is 0 Å². The van der Waals surface area contributed by atoms with Gasteiger partial charge in [-0.2, -0.15) is 0 Å². The highest BCUT2D eigenvalue weighted by atomic mass is 16.2. The summed E-state index contributed by atoms with van der Waals surface area (Å²) in [6, 6.07) is 0. The summed E-state index contributed by atoms with van der Waals surface area (Å²) in [5, 5.41) is 5.30. The Labute approximate surface area is 120 Å². The molecule has 0 aliphatic carbocycles. The smallest absolute Gasteiger partial charge is 0.221 e. The van der Waals surface area contributed by atoms with Crippen LogP contribution in [-0.4, -0.2) is 38.0 Å². The predicted octanol–water partition coefficient (Wildman–Crippen LogP) is -1.30. The molecule has 6 nitrogen and oxygen atoms in total. The Morgan fingerprint density at radius 2 is 1.20 bits per heavy atom. The van der Waals surface area contributed by atoms with Crippen LogP contribution in [0.25, 0.3) is 0 Å². The van der Waals surface area contributed by atoms with Crippen molar-refractivity contribution in [2.45, 2.75) is 25.7 Å². The van der Waals surface area contributed by atoms with Gasteiger partial charge in [-0.15, -0.1) is 0 Å². The van der Waals surface area contributed by atoms with Crippen LogP contribution in [0, 0.1) is 23.7 Å². The van der Waals surface area contributed by atoms with E-state index in [-0.39, 0.29) is 11.8 Å². The van der Waals surface area contributed by atoms with Gasteiger partial charge in [0.05, 0.1) is 0 Å². The Balaban J connectivity index is 3.64. The zero-order chi connectivity index (χ0) is 15.1. The molecule has 20 heavy (non-hydrogen) atoms. The zero-order valence-electron chi connectivity index (χ0n) is 11.6. The number of nitrogens with one attached hydrogen (secondary N) is 2. The van der Waals surface area contributed by atoms with E-state index in [0.717, 1.165) is 0 Å². The quantitative estimate of drug-likeness (QED) is 0.414. The van der Waals surface area contributed by atoms with Crippen molar-refractivity contribution in [1.82, 2.24) is 10.6 Å². The summed E-state index contributed by atoms with van der Waals surface area (Å²) in [5.41, 5.74) is 10.5. The highest BCUT2D eigenvalue weighted by Gasteiger charge is 1.97. The number of hydrogen-bond donors (Lipinski definition) is 4. The summed E-state index contributed by atoms with van der Waals surface area (Å²) in [7, 11) is 0. The molecule has 6 N–H and O–H groups in total. The minimum atomic E-state index is -0.0608. The van der Waals surface area contributed by atoms with Crippen LogP contribution in [-0.2, 0) is 9.59 Å². The molecule has 0 aromatic rings. The van der Waals surface area contributed by atoms with Crippen molar-refractivity contribution in [3.63, 3.8) is 0 Å². The number of nitrogens with two attached hydrogens (primary N) is 2. The Kier molecular flexibility index (Phi) is 12.1. The van der Waals surface area contributed by atoms with Gasteiger partial charge in [0.15, 0.2) is 0 Å². The minimum absolute atomic E-state index is 0.0608. The average molecular weight is 278 g/mol. The maximum Gasteiger partial charge on any atom is 0.221 e. The van der Waals surface area contributed by atoms with Gasteiger partial charge in [-0.05, 0) is 11.8 Å². The van der Waals surface area contributed by atoms with Crippen LogP contribution in [0.4, 0.5) is 0 Å². The number of carbonyl (C=O) groups is 2. The molecule has 2 amide bonds. The van der Waals surface area contributed by atoms with Crippen molar-refractivity contribution < 1.29 is 9.59 Å². The minimum Gasteiger partial charge on any atom is -0.355 e. The largest absolute Gasteiger partial charge is 0.355 e. The van der Waals surface area contributed by atoms with E-state index in [1.807, 2.05) is 0 Å². The fourth-order valence-corrected chi connectivity index (χ4v) is 1.17. The van der Waals surface area contributed by atoms with Crippen molar-refractivity contribution >= 4 is 11.8 Å². The van der Waals surface area contributed by atoms with E-state index >= 15 is 0 Å². The summed E-state index contributed by atoms with van der Waals surface area (Å²) < 4.78 is 0. The molecule has 0 atom stereocenters. The van der Waals surface area contributed by atoms with E-state index < -0.39 is 0 Å². The van der Waals surface area contributed by atoms with E-state index in [4.69, 9.17) is 11.5 Å². The maximum absolute atomic E-state index is 11.2. The molecule has 0 saturated carbocycles. The second kappa shape index (κ2) is 13.4. The molecule has 0 aliphatic rings. The summed E-state index contributed by atoms with van der Waals surface area (Å²) in [6.45, 7) is 1.83. The molecular formula is C14H22N4O2. The fraction of sp³-hybridized carbons (Fsp3) is 0.571. The van der Waals surface area contributed by atoms with Gasteiger partial charge in [-0.1, -0.05) is 11.8 Å². The third kappa shape index (κ3) is 12.4. The molecule has 0 fully saturated rings. The molecule has 0 aliphatic heterocycles. The first-order chi connectivity index (χ1) is 9.70. The Hall–Kier alpha value is -2.02. The summed E-state index contributed by atoms with van der Waals surface area (Å²) in [4.78, 5) is 22.3. The Morgan fingerprint density at radius 3 is 1.55 bits per heavy atom. The van der Waals surface area contributed by atoms with Gasteiger partial charge in [-0.3, -0.25) is 9.59 Å². The lowest BCUT2D eigenvalue weighted by molar-refractivity contribution is -0.121. The van der Waals surface area contributed by atoms with Gasteiger partial charge < -0.3 is 22.1 Å². The summed E-state index contributed by atoms with van der Waals surface area (Å²) >= 11 is 0. The maximum atomic E-state index is 11.2. The molecule has 0 heterocycles. The van der Waals surface area contributed by atoms with Crippen LogP contribution in [0.5, 0.6) is 0 Å². The van der Waals surface area contributed by atoms with Crippen LogP contribution in [0.1, 0.15) is 25.7 Å². The van der Waals surface area contributed by atoms with Crippen LogP contribution in [0.2, 0.25) is 0 Å². The number of hydrogen-bond acceptors (Lipinski definition) is 4. The molecular weight excluding hydrogens is 256 g/mol. The number of amides is 2. The van der Waals surface area contributed by atoms with Gasteiger partial charge in [0.25, 0.3) is 0 Å². The van der Waals surface area contributed by atoms with E-state index in [9.17, 15) is 9.59 Å². The van der Waals surface area contributed by atoms with Gasteiger partial charge in [-0.25, -0.2) is 0 Å². The summed E-state index contributed by atoms with van der Waals surface area (Å²) in [5.74, 6) is 10.7. The van der Waals surface area contributed by atoms with E-state index in [1.165, 1.54) is 0 Å². The zero-order valence-corrected chi connectivity index (χ0v) is 11.6. The van der Waals surface area contributed by atoms with Crippen molar-refractivity contribution in [2.24, 2.45) is 11.5 Å². The first-order valence-corrected chi connectivity index (χ1v) is 6.60. The molecule has 0 rings (SSSR count). The van der Waals surface area contributed by atoms with Gasteiger partial charge in [0.2, 0.25) is 11.8 Å². The first-order valence-electron chi connectivity index (χ1n) is 6.60. The van der Waals surface area contributed by atoms with Crippen LogP contribution in [0.15, 0.2) is 0 Å². The van der Waals surface area contributed by atoms with Crippen molar-refractivity contribution in [3.05, 3.63) is 0 Å². The standard InChI is InChI=1S/C14H22N4O2/c15-9-11-17-13(19)7-5-3-1-2-4-6-8-14(20)18-12-10-16/h5-12,15-16H2,(H,17,19)(H,18,20). The molecule has 0 spiro atoms. The molecule has 6 heteroatoms. The third-order valence-electron chi connectivity index (χ3n) is 2.13. The third-order valence-corrected chi connectivity index (χ3v) is 2.13. The van der Waals surface area contributed by atoms with Crippen LogP contribution in [0.3, 0.4) is 0 Å². The van der Waals surface area contributed by atoms with E-state index in [2.05, 4.69) is 34.3 Å². The lowest BCUT2D eigenvalue weighted by atomic mass is 10.3. The second-order valence-electron chi connectivity index (χ2n) is 3.88. The van der Waals surface area contributed by atoms with Gasteiger partial charge in [0, 0.05) is 51.9 Å². The van der Waals surface area contributed by atoms with Crippen molar-refractivity contribution in [1.29, 1.82) is 0 Å². The number of carbonyl (C=O) groups excluding carboxylic acids is 2. The van der Waals surface area contributed by atoms with E-state index in [0.29, 0.717) is 51.9 Å². The highest BCUT2D eigenvalue weighted by Crippen LogP contribution is 1.87. The lowest BCUT2D eigenvalue weighted by Crippen LogP contribution is -2.28.